The molecular weight excluding hydrogens is 486 g/mol. The van der Waals surface area contributed by atoms with Crippen molar-refractivity contribution in [3.63, 3.8) is 0 Å². The van der Waals surface area contributed by atoms with Gasteiger partial charge in [0.25, 0.3) is 0 Å². The maximum Gasteiger partial charge on any atom is 0.416 e. The van der Waals surface area contributed by atoms with Crippen molar-refractivity contribution >= 4 is 5.97 Å². The minimum Gasteiger partial charge on any atom is -0.469 e. The quantitative estimate of drug-likeness (QED) is 0.236. The predicted octanol–water partition coefficient (Wildman–Crippen LogP) is 8.49. The van der Waals surface area contributed by atoms with Crippen molar-refractivity contribution in [2.24, 2.45) is 5.92 Å². The molecule has 192 valence electrons. The third-order valence-electron chi connectivity index (χ3n) is 5.47. The predicted molar refractivity (Wildman–Crippen MR) is 123 cm³/mol. The maximum atomic E-state index is 13.1. The number of carbonyl (C=O) groups excluding carboxylic acids is 1. The average Bonchev–Trinajstić information content (AvgIpc) is 2.81. The number of alkyl halides is 6. The molecule has 3 aromatic rings. The summed E-state index contributed by atoms with van der Waals surface area (Å²) in [6.07, 6.45) is -8.67. The van der Waals surface area contributed by atoms with Crippen LogP contribution in [-0.4, -0.2) is 13.1 Å². The minimum absolute atomic E-state index is 0.0844. The lowest BCUT2D eigenvalue weighted by atomic mass is 9.88. The van der Waals surface area contributed by atoms with E-state index < -0.39 is 35.4 Å². The molecule has 0 heterocycles. The Bertz CT molecular complexity index is 1200. The molecule has 0 N–H and O–H groups in total. The van der Waals surface area contributed by atoms with Crippen LogP contribution in [0.25, 0.3) is 11.1 Å². The van der Waals surface area contributed by atoms with Crippen LogP contribution in [0.15, 0.2) is 66.7 Å². The Hall–Kier alpha value is -3.49. The Balaban J connectivity index is 2.10. The minimum atomic E-state index is -4.57. The van der Waals surface area contributed by atoms with E-state index in [1.807, 2.05) is 13.8 Å². The van der Waals surface area contributed by atoms with Gasteiger partial charge in [-0.15, -0.1) is 0 Å². The number of halogens is 6. The van der Waals surface area contributed by atoms with E-state index in [1.165, 1.54) is 43.5 Å². The SMILES string of the molecule is COC(=O)C(CC(C)C)c1cc(Oc2cccc(C(F)(F)F)c2)cc(-c2ccc(C(F)(F)F)cc2)c1. The zero-order valence-corrected chi connectivity index (χ0v) is 19.7. The summed E-state index contributed by atoms with van der Waals surface area (Å²) in [5.41, 5.74) is -0.413. The maximum absolute atomic E-state index is 13.1. The van der Waals surface area contributed by atoms with Crippen LogP contribution < -0.4 is 4.74 Å². The first-order valence-electron chi connectivity index (χ1n) is 11.0. The molecule has 0 aliphatic heterocycles. The molecule has 0 radical (unpaired) electrons. The first-order chi connectivity index (χ1) is 16.8. The lowest BCUT2D eigenvalue weighted by Gasteiger charge is -2.20. The smallest absolute Gasteiger partial charge is 0.416 e. The molecule has 0 aliphatic carbocycles. The van der Waals surface area contributed by atoms with Crippen molar-refractivity contribution in [2.75, 3.05) is 7.11 Å². The summed E-state index contributed by atoms with van der Waals surface area (Å²) in [6, 6.07) is 13.4. The fraction of sp³-hybridized carbons (Fsp3) is 0.296. The Kier molecular flexibility index (Phi) is 8.01. The molecule has 0 aliphatic rings. The van der Waals surface area contributed by atoms with E-state index in [1.54, 1.807) is 6.07 Å². The number of rotatable bonds is 7. The second-order valence-corrected chi connectivity index (χ2v) is 8.70. The van der Waals surface area contributed by atoms with Crippen molar-refractivity contribution in [2.45, 2.75) is 38.5 Å². The molecule has 0 aromatic heterocycles. The van der Waals surface area contributed by atoms with E-state index in [-0.39, 0.29) is 17.4 Å². The number of hydrogen-bond acceptors (Lipinski definition) is 3. The molecule has 36 heavy (non-hydrogen) atoms. The van der Waals surface area contributed by atoms with Gasteiger partial charge in [-0.25, -0.2) is 0 Å². The summed E-state index contributed by atoms with van der Waals surface area (Å²) in [5, 5.41) is 0. The Morgan fingerprint density at radius 2 is 1.42 bits per heavy atom. The van der Waals surface area contributed by atoms with E-state index in [0.717, 1.165) is 24.3 Å². The molecule has 3 rings (SSSR count). The molecule has 0 spiro atoms. The zero-order valence-electron chi connectivity index (χ0n) is 19.7. The Morgan fingerprint density at radius 3 is 1.97 bits per heavy atom. The normalized spacial score (nSPS) is 12.9. The summed E-state index contributed by atoms with van der Waals surface area (Å²) in [4.78, 5) is 12.6. The van der Waals surface area contributed by atoms with Gasteiger partial charge < -0.3 is 9.47 Å². The van der Waals surface area contributed by atoms with Crippen LogP contribution in [-0.2, 0) is 21.9 Å². The largest absolute Gasteiger partial charge is 0.469 e. The Morgan fingerprint density at radius 1 is 0.778 bits per heavy atom. The molecule has 9 heteroatoms. The zero-order chi connectivity index (χ0) is 26.7. The van der Waals surface area contributed by atoms with Crippen molar-refractivity contribution in [3.8, 4) is 22.6 Å². The number of methoxy groups -OCH3 is 1. The van der Waals surface area contributed by atoms with Gasteiger partial charge in [0.2, 0.25) is 0 Å². The van der Waals surface area contributed by atoms with Gasteiger partial charge in [-0.05, 0) is 71.5 Å². The van der Waals surface area contributed by atoms with Gasteiger partial charge in [-0.1, -0.05) is 38.1 Å². The van der Waals surface area contributed by atoms with Gasteiger partial charge in [0.1, 0.15) is 11.5 Å². The molecule has 1 atom stereocenters. The van der Waals surface area contributed by atoms with Crippen LogP contribution in [0.2, 0.25) is 0 Å². The first kappa shape index (κ1) is 27.1. The van der Waals surface area contributed by atoms with Gasteiger partial charge in [0.05, 0.1) is 24.2 Å². The van der Waals surface area contributed by atoms with E-state index >= 15 is 0 Å². The van der Waals surface area contributed by atoms with Crippen molar-refractivity contribution < 1.29 is 40.6 Å². The summed E-state index contributed by atoms with van der Waals surface area (Å²) in [6.45, 7) is 3.82. The summed E-state index contributed by atoms with van der Waals surface area (Å²) in [7, 11) is 1.25. The number of benzene rings is 3. The van der Waals surface area contributed by atoms with E-state index in [9.17, 15) is 31.1 Å². The molecule has 0 saturated heterocycles. The fourth-order valence-corrected chi connectivity index (χ4v) is 3.75. The van der Waals surface area contributed by atoms with E-state index in [4.69, 9.17) is 9.47 Å². The van der Waals surface area contributed by atoms with Gasteiger partial charge >= 0.3 is 18.3 Å². The highest BCUT2D eigenvalue weighted by molar-refractivity contribution is 5.79. The van der Waals surface area contributed by atoms with Gasteiger partial charge in [0.15, 0.2) is 0 Å². The number of carbonyl (C=O) groups is 1. The third-order valence-corrected chi connectivity index (χ3v) is 5.47. The highest BCUT2D eigenvalue weighted by Crippen LogP contribution is 2.37. The second-order valence-electron chi connectivity index (χ2n) is 8.70. The van der Waals surface area contributed by atoms with E-state index in [2.05, 4.69) is 0 Å². The van der Waals surface area contributed by atoms with Crippen LogP contribution in [0.4, 0.5) is 26.3 Å². The number of hydrogen-bond donors (Lipinski definition) is 0. The molecule has 0 amide bonds. The molecule has 0 fully saturated rings. The summed E-state index contributed by atoms with van der Waals surface area (Å²) >= 11 is 0. The monoisotopic (exact) mass is 510 g/mol. The van der Waals surface area contributed by atoms with Crippen LogP contribution in [0.3, 0.4) is 0 Å². The highest BCUT2D eigenvalue weighted by Gasteiger charge is 2.31. The van der Waals surface area contributed by atoms with Gasteiger partial charge in [-0.2, -0.15) is 26.3 Å². The molecule has 3 aromatic carbocycles. The van der Waals surface area contributed by atoms with E-state index in [0.29, 0.717) is 23.1 Å². The van der Waals surface area contributed by atoms with Crippen molar-refractivity contribution in [1.29, 1.82) is 0 Å². The average molecular weight is 510 g/mol. The molecule has 1 unspecified atom stereocenters. The third kappa shape index (κ3) is 6.80. The van der Waals surface area contributed by atoms with Crippen molar-refractivity contribution in [1.82, 2.24) is 0 Å². The lowest BCUT2D eigenvalue weighted by molar-refractivity contribution is -0.143. The van der Waals surface area contributed by atoms with Crippen LogP contribution >= 0.6 is 0 Å². The van der Waals surface area contributed by atoms with Crippen LogP contribution in [0.5, 0.6) is 11.5 Å². The first-order valence-corrected chi connectivity index (χ1v) is 11.0. The summed E-state index contributed by atoms with van der Waals surface area (Å²) in [5.74, 6) is -1.10. The molecule has 0 saturated carbocycles. The van der Waals surface area contributed by atoms with Crippen LogP contribution in [0, 0.1) is 5.92 Å². The lowest BCUT2D eigenvalue weighted by Crippen LogP contribution is -2.16. The molecular formula is C27H24F6O3. The number of esters is 1. The molecule has 3 nitrogen and oxygen atoms in total. The second kappa shape index (κ2) is 10.6. The molecule has 0 bridgehead atoms. The highest BCUT2D eigenvalue weighted by atomic mass is 19.4. The standard InChI is InChI=1S/C27H24F6O3/c1-16(2)11-24(25(34)35-3)19-12-18(17-7-9-20(10-8-17)26(28,29)30)13-23(14-19)36-22-6-4-5-21(15-22)27(31,32)33/h4-10,12-16,24H,11H2,1-3H3. The Labute approximate surface area is 204 Å². The topological polar surface area (TPSA) is 35.5 Å². The van der Waals surface area contributed by atoms with Gasteiger partial charge in [0, 0.05) is 0 Å². The fourth-order valence-electron chi connectivity index (χ4n) is 3.75. The summed E-state index contributed by atoms with van der Waals surface area (Å²) < 4.78 is 89.1. The van der Waals surface area contributed by atoms with Gasteiger partial charge in [-0.3, -0.25) is 4.79 Å². The van der Waals surface area contributed by atoms with Crippen LogP contribution in [0.1, 0.15) is 42.9 Å². The number of ether oxygens (including phenoxy) is 2. The van der Waals surface area contributed by atoms with Crippen molar-refractivity contribution in [3.05, 3.63) is 83.4 Å².